The lowest BCUT2D eigenvalue weighted by Crippen LogP contribution is -2.31. The van der Waals surface area contributed by atoms with E-state index in [1.54, 1.807) is 6.92 Å². The van der Waals surface area contributed by atoms with Crippen molar-refractivity contribution in [1.29, 1.82) is 0 Å². The summed E-state index contributed by atoms with van der Waals surface area (Å²) < 4.78 is 0. The predicted molar refractivity (Wildman–Crippen MR) is 132 cm³/mol. The van der Waals surface area contributed by atoms with Crippen LogP contribution in [0, 0.1) is 5.92 Å². The fraction of sp³-hybridized carbons (Fsp3) is 0.640. The normalized spacial score (nSPS) is 15.7. The first kappa shape index (κ1) is 25.3. The minimum absolute atomic E-state index is 0.0851. The topological polar surface area (TPSA) is 53.1 Å². The fourth-order valence-electron chi connectivity index (χ4n) is 4.18. The zero-order chi connectivity index (χ0) is 21.9. The van der Waals surface area contributed by atoms with Crippen molar-refractivity contribution < 1.29 is 9.90 Å². The zero-order valence-electron chi connectivity index (χ0n) is 18.4. The lowest BCUT2D eigenvalue weighted by Gasteiger charge is -2.28. The predicted octanol–water partition coefficient (Wildman–Crippen LogP) is 8.26. The van der Waals surface area contributed by atoms with Crippen LogP contribution in [0.1, 0.15) is 89.7 Å². The summed E-state index contributed by atoms with van der Waals surface area (Å²) in [6.07, 6.45) is 12.6. The van der Waals surface area contributed by atoms with Crippen LogP contribution in [0.5, 0.6) is 0 Å². The van der Waals surface area contributed by atoms with Gasteiger partial charge in [0.05, 0.1) is 11.3 Å². The van der Waals surface area contributed by atoms with Crippen molar-refractivity contribution in [1.82, 2.24) is 4.98 Å². The molecule has 30 heavy (non-hydrogen) atoms. The van der Waals surface area contributed by atoms with Gasteiger partial charge in [0.25, 0.3) is 0 Å². The van der Waals surface area contributed by atoms with Crippen molar-refractivity contribution in [2.45, 2.75) is 94.2 Å². The standard InChI is InChI=1S/C25H37BrClNO2/c1-3-4-5-6-7-8-9-10-11-15-20(26)24(27)23(18(2)25(29)30)22-17-19-14-12-13-16-21(19)28-22/h12-14,16-18,20,23-24,28H,3-11,15H2,1-2H3,(H,29,30). The van der Waals surface area contributed by atoms with Crippen LogP contribution in [0.3, 0.4) is 0 Å². The molecule has 0 saturated heterocycles. The maximum Gasteiger partial charge on any atom is 0.306 e. The first-order chi connectivity index (χ1) is 14.5. The molecule has 4 atom stereocenters. The number of hydrogen-bond donors (Lipinski definition) is 2. The quantitative estimate of drug-likeness (QED) is 0.192. The number of carboxylic acids is 1. The Kier molecular flexibility index (Phi) is 11.3. The van der Waals surface area contributed by atoms with Gasteiger partial charge in [0.2, 0.25) is 0 Å². The number of fused-ring (bicyclic) bond motifs is 1. The number of unbranched alkanes of at least 4 members (excludes halogenated alkanes) is 8. The first-order valence-electron chi connectivity index (χ1n) is 11.5. The van der Waals surface area contributed by atoms with Gasteiger partial charge in [0.15, 0.2) is 0 Å². The summed E-state index contributed by atoms with van der Waals surface area (Å²) >= 11 is 10.7. The van der Waals surface area contributed by atoms with Gasteiger partial charge in [-0.25, -0.2) is 0 Å². The van der Waals surface area contributed by atoms with Crippen LogP contribution in [0.4, 0.5) is 0 Å². The van der Waals surface area contributed by atoms with E-state index in [0.29, 0.717) is 0 Å². The Morgan fingerprint density at radius 1 is 1.07 bits per heavy atom. The third-order valence-electron chi connectivity index (χ3n) is 6.11. The van der Waals surface area contributed by atoms with Crippen molar-refractivity contribution in [3.63, 3.8) is 0 Å². The monoisotopic (exact) mass is 497 g/mol. The van der Waals surface area contributed by atoms with Crippen LogP contribution in [0.2, 0.25) is 0 Å². The fourth-order valence-corrected chi connectivity index (χ4v) is 5.31. The number of aliphatic carboxylic acids is 1. The molecule has 5 heteroatoms. The number of hydrogen-bond acceptors (Lipinski definition) is 1. The highest BCUT2D eigenvalue weighted by Crippen LogP contribution is 2.38. The minimum Gasteiger partial charge on any atom is -0.481 e. The number of rotatable bonds is 15. The molecule has 0 spiro atoms. The number of H-pyrrole nitrogens is 1. The highest BCUT2D eigenvalue weighted by Gasteiger charge is 2.36. The molecule has 3 nitrogen and oxygen atoms in total. The molecule has 0 aliphatic rings. The van der Waals surface area contributed by atoms with Crippen LogP contribution in [-0.4, -0.2) is 26.3 Å². The average molecular weight is 499 g/mol. The molecule has 1 aromatic heterocycles. The number of benzene rings is 1. The molecule has 2 N–H and O–H groups in total. The SMILES string of the molecule is CCCCCCCCCCCC(Br)C(Cl)C(c1cc2ccccc2[nH]1)C(C)C(=O)O. The highest BCUT2D eigenvalue weighted by molar-refractivity contribution is 9.09. The van der Waals surface area contributed by atoms with Gasteiger partial charge in [-0.05, 0) is 23.9 Å². The second-order valence-electron chi connectivity index (χ2n) is 8.54. The van der Waals surface area contributed by atoms with Crippen LogP contribution >= 0.6 is 27.5 Å². The molecule has 2 rings (SSSR count). The summed E-state index contributed by atoms with van der Waals surface area (Å²) in [6.45, 7) is 4.01. The summed E-state index contributed by atoms with van der Waals surface area (Å²) in [5, 5.41) is 10.5. The van der Waals surface area contributed by atoms with Crippen LogP contribution < -0.4 is 0 Å². The summed E-state index contributed by atoms with van der Waals surface area (Å²) in [5.41, 5.74) is 1.92. The maximum atomic E-state index is 11.8. The van der Waals surface area contributed by atoms with E-state index in [1.165, 1.54) is 51.4 Å². The number of carbonyl (C=O) groups is 1. The van der Waals surface area contributed by atoms with Crippen molar-refractivity contribution in [2.24, 2.45) is 5.92 Å². The van der Waals surface area contributed by atoms with Gasteiger partial charge < -0.3 is 10.1 Å². The van der Waals surface area contributed by atoms with Crippen molar-refractivity contribution in [3.8, 4) is 0 Å². The first-order valence-corrected chi connectivity index (χ1v) is 12.9. The Bertz CT molecular complexity index is 729. The molecule has 1 heterocycles. The van der Waals surface area contributed by atoms with Crippen LogP contribution in [0.15, 0.2) is 30.3 Å². The largest absolute Gasteiger partial charge is 0.481 e. The number of aromatic amines is 1. The number of carboxylic acid groups (broad SMARTS) is 1. The van der Waals surface area contributed by atoms with E-state index in [1.807, 2.05) is 30.3 Å². The summed E-state index contributed by atoms with van der Waals surface area (Å²) in [5.74, 6) is -1.66. The van der Waals surface area contributed by atoms with Gasteiger partial charge in [-0.3, -0.25) is 4.79 Å². The second-order valence-corrected chi connectivity index (χ2v) is 10.2. The summed E-state index contributed by atoms with van der Waals surface area (Å²) in [4.78, 5) is 15.3. The Morgan fingerprint density at radius 2 is 1.67 bits per heavy atom. The van der Waals surface area contributed by atoms with Gasteiger partial charge in [0, 0.05) is 22.0 Å². The molecule has 0 saturated carbocycles. The van der Waals surface area contributed by atoms with Gasteiger partial charge in [0.1, 0.15) is 0 Å². The van der Waals surface area contributed by atoms with E-state index in [2.05, 4.69) is 27.8 Å². The summed E-state index contributed by atoms with van der Waals surface area (Å²) in [7, 11) is 0. The van der Waals surface area contributed by atoms with E-state index in [9.17, 15) is 9.90 Å². The van der Waals surface area contributed by atoms with Gasteiger partial charge in [-0.2, -0.15) is 0 Å². The number of alkyl halides is 2. The Hall–Kier alpha value is -1.00. The van der Waals surface area contributed by atoms with Gasteiger partial charge >= 0.3 is 5.97 Å². The Labute approximate surface area is 195 Å². The highest BCUT2D eigenvalue weighted by atomic mass is 79.9. The molecule has 0 bridgehead atoms. The molecule has 4 unspecified atom stereocenters. The summed E-state index contributed by atoms with van der Waals surface area (Å²) in [6, 6.07) is 10.1. The van der Waals surface area contributed by atoms with Gasteiger partial charge in [-0.15, -0.1) is 11.6 Å². The van der Waals surface area contributed by atoms with Crippen LogP contribution in [0.25, 0.3) is 10.9 Å². The number of halogens is 2. The van der Waals surface area contributed by atoms with E-state index >= 15 is 0 Å². The van der Waals surface area contributed by atoms with E-state index in [-0.39, 0.29) is 16.1 Å². The number of nitrogens with one attached hydrogen (secondary N) is 1. The molecule has 2 aromatic rings. The average Bonchev–Trinajstić information content (AvgIpc) is 3.15. The second kappa shape index (κ2) is 13.4. The van der Waals surface area contributed by atoms with Crippen molar-refractivity contribution in [3.05, 3.63) is 36.0 Å². The molecule has 0 amide bonds. The molecule has 168 valence electrons. The Morgan fingerprint density at radius 3 is 2.27 bits per heavy atom. The lowest BCUT2D eigenvalue weighted by atomic mass is 9.85. The molecule has 0 radical (unpaired) electrons. The molecule has 0 aliphatic heterocycles. The maximum absolute atomic E-state index is 11.8. The van der Waals surface area contributed by atoms with E-state index in [4.69, 9.17) is 11.6 Å². The van der Waals surface area contributed by atoms with Gasteiger partial charge in [-0.1, -0.05) is 106 Å². The molecule has 1 aromatic carbocycles. The smallest absolute Gasteiger partial charge is 0.306 e. The minimum atomic E-state index is -0.813. The third-order valence-corrected chi connectivity index (χ3v) is 8.02. The number of aromatic nitrogens is 1. The van der Waals surface area contributed by atoms with Crippen LogP contribution in [-0.2, 0) is 4.79 Å². The van der Waals surface area contributed by atoms with Crippen molar-refractivity contribution >= 4 is 44.4 Å². The Balaban J connectivity index is 1.89. The molecular weight excluding hydrogens is 462 g/mol. The van der Waals surface area contributed by atoms with Crippen molar-refractivity contribution in [2.75, 3.05) is 0 Å². The third kappa shape index (κ3) is 7.60. The molecular formula is C25H37BrClNO2. The molecule has 0 fully saturated rings. The van der Waals surface area contributed by atoms with E-state index in [0.717, 1.165) is 29.4 Å². The van der Waals surface area contributed by atoms with E-state index < -0.39 is 11.9 Å². The zero-order valence-corrected chi connectivity index (χ0v) is 20.7. The lowest BCUT2D eigenvalue weighted by molar-refractivity contribution is -0.141. The number of para-hydroxylation sites is 1. The molecule has 0 aliphatic carbocycles.